The van der Waals surface area contributed by atoms with Gasteiger partial charge >= 0.3 is 0 Å². The Morgan fingerprint density at radius 2 is 2.05 bits per heavy atom. The van der Waals surface area contributed by atoms with Crippen LogP contribution in [0.15, 0.2) is 0 Å². The van der Waals surface area contributed by atoms with Crippen molar-refractivity contribution in [2.24, 2.45) is 0 Å². The molecule has 118 valence electrons. The normalized spacial score (nSPS) is 40.4. The average Bonchev–Trinajstić information content (AvgIpc) is 3.03. The predicted molar refractivity (Wildman–Crippen MR) is 68.3 cm³/mol. The number of likely N-dealkylation sites (tertiary alicyclic amines) is 1. The summed E-state index contributed by atoms with van der Waals surface area (Å²) < 4.78 is 5.29. The molecule has 0 aromatic carbocycles. The van der Waals surface area contributed by atoms with Crippen molar-refractivity contribution in [3.8, 4) is 0 Å². The van der Waals surface area contributed by atoms with Crippen molar-refractivity contribution in [3.63, 3.8) is 0 Å². The molecule has 0 spiro atoms. The van der Waals surface area contributed by atoms with Crippen molar-refractivity contribution < 1.29 is 30.0 Å². The van der Waals surface area contributed by atoms with Gasteiger partial charge in [0.25, 0.3) is 0 Å². The van der Waals surface area contributed by atoms with Gasteiger partial charge in [-0.2, -0.15) is 0 Å². The Labute approximate surface area is 117 Å². The number of hydrogen-bond donors (Lipinski definition) is 5. The highest BCUT2D eigenvalue weighted by atomic mass is 16.7. The largest absolute Gasteiger partial charge is 0.394 e. The topological polar surface area (TPSA) is 115 Å². The van der Waals surface area contributed by atoms with Crippen molar-refractivity contribution >= 4 is 0 Å². The van der Waals surface area contributed by atoms with Crippen LogP contribution in [0.1, 0.15) is 19.8 Å². The van der Waals surface area contributed by atoms with Gasteiger partial charge in [0.1, 0.15) is 18.3 Å². The minimum absolute atomic E-state index is 0.492. The average molecular weight is 292 g/mol. The summed E-state index contributed by atoms with van der Waals surface area (Å²) in [5.41, 5.74) is 2.66. The van der Waals surface area contributed by atoms with Crippen LogP contribution in [0.4, 0.5) is 0 Å². The SMILES string of the molecule is CCNOC(N1CCCC1)[C@@]1(O)O[C@@H](CO)[C@@H](O)[C@@H]1O. The zero-order valence-electron chi connectivity index (χ0n) is 11.6. The fourth-order valence-electron chi connectivity index (χ4n) is 2.74. The van der Waals surface area contributed by atoms with Gasteiger partial charge in [-0.3, -0.25) is 9.74 Å². The van der Waals surface area contributed by atoms with Gasteiger partial charge < -0.3 is 25.2 Å². The summed E-state index contributed by atoms with van der Waals surface area (Å²) in [7, 11) is 0. The molecule has 5 N–H and O–H groups in total. The van der Waals surface area contributed by atoms with E-state index in [2.05, 4.69) is 5.48 Å². The summed E-state index contributed by atoms with van der Waals surface area (Å²) in [5.74, 6) is -2.08. The van der Waals surface area contributed by atoms with E-state index in [9.17, 15) is 15.3 Å². The summed E-state index contributed by atoms with van der Waals surface area (Å²) in [5, 5.41) is 39.7. The molecule has 1 unspecified atom stereocenters. The summed E-state index contributed by atoms with van der Waals surface area (Å²) in [6, 6.07) is 0. The first kappa shape index (κ1) is 16.1. The molecule has 0 aliphatic carbocycles. The Kier molecular flexibility index (Phi) is 5.32. The fraction of sp³-hybridized carbons (Fsp3) is 1.00. The zero-order valence-corrected chi connectivity index (χ0v) is 11.6. The Morgan fingerprint density at radius 1 is 1.40 bits per heavy atom. The van der Waals surface area contributed by atoms with Crippen molar-refractivity contribution in [2.75, 3.05) is 26.2 Å². The van der Waals surface area contributed by atoms with Crippen LogP contribution in [0.5, 0.6) is 0 Å². The summed E-state index contributed by atoms with van der Waals surface area (Å²) in [6.45, 7) is 3.27. The van der Waals surface area contributed by atoms with Gasteiger partial charge in [0.2, 0.25) is 5.79 Å². The molecule has 2 heterocycles. The molecule has 0 radical (unpaired) electrons. The molecule has 0 aromatic rings. The molecule has 8 nitrogen and oxygen atoms in total. The van der Waals surface area contributed by atoms with Gasteiger partial charge in [0.05, 0.1) is 6.61 Å². The van der Waals surface area contributed by atoms with E-state index in [1.165, 1.54) is 0 Å². The maximum Gasteiger partial charge on any atom is 0.238 e. The van der Waals surface area contributed by atoms with Crippen LogP contribution < -0.4 is 5.48 Å². The summed E-state index contributed by atoms with van der Waals surface area (Å²) in [4.78, 5) is 7.27. The molecule has 5 atom stereocenters. The number of rotatable bonds is 6. The zero-order chi connectivity index (χ0) is 14.8. The van der Waals surface area contributed by atoms with Gasteiger partial charge in [-0.1, -0.05) is 6.92 Å². The number of hydrogen-bond acceptors (Lipinski definition) is 8. The van der Waals surface area contributed by atoms with Gasteiger partial charge in [0, 0.05) is 19.6 Å². The lowest BCUT2D eigenvalue weighted by Gasteiger charge is -2.38. The van der Waals surface area contributed by atoms with E-state index < -0.39 is 36.9 Å². The number of aliphatic hydroxyl groups is 4. The first-order valence-electron chi connectivity index (χ1n) is 7.04. The third kappa shape index (κ3) is 2.83. The van der Waals surface area contributed by atoms with E-state index in [-0.39, 0.29) is 0 Å². The Balaban J connectivity index is 2.17. The van der Waals surface area contributed by atoms with Crippen molar-refractivity contribution in [3.05, 3.63) is 0 Å². The molecule has 0 amide bonds. The number of hydroxylamine groups is 1. The van der Waals surface area contributed by atoms with E-state index in [4.69, 9.17) is 14.7 Å². The van der Waals surface area contributed by atoms with Crippen LogP contribution >= 0.6 is 0 Å². The maximum absolute atomic E-state index is 10.6. The molecule has 2 saturated heterocycles. The number of aliphatic hydroxyl groups excluding tert-OH is 3. The Morgan fingerprint density at radius 3 is 2.55 bits per heavy atom. The van der Waals surface area contributed by atoms with E-state index in [1.54, 1.807) is 0 Å². The smallest absolute Gasteiger partial charge is 0.238 e. The molecule has 0 aromatic heterocycles. The number of nitrogens with one attached hydrogen (secondary N) is 1. The number of ether oxygens (including phenoxy) is 1. The second-order valence-electron chi connectivity index (χ2n) is 5.24. The Hall–Kier alpha value is -0.320. The third-order valence-corrected chi connectivity index (χ3v) is 3.81. The molecule has 2 rings (SSSR count). The highest BCUT2D eigenvalue weighted by Gasteiger charge is 2.60. The fourth-order valence-corrected chi connectivity index (χ4v) is 2.74. The molecule has 8 heteroatoms. The van der Waals surface area contributed by atoms with Gasteiger partial charge in [-0.15, -0.1) is 0 Å². The quantitative estimate of drug-likeness (QED) is 0.349. The summed E-state index contributed by atoms with van der Waals surface area (Å²) in [6.07, 6.45) is -2.98. The van der Waals surface area contributed by atoms with Crippen LogP contribution in [0.3, 0.4) is 0 Å². The van der Waals surface area contributed by atoms with Crippen LogP contribution in [0.2, 0.25) is 0 Å². The molecule has 2 fully saturated rings. The molecule has 20 heavy (non-hydrogen) atoms. The van der Waals surface area contributed by atoms with E-state index in [1.807, 2.05) is 11.8 Å². The summed E-state index contributed by atoms with van der Waals surface area (Å²) >= 11 is 0. The van der Waals surface area contributed by atoms with Gasteiger partial charge in [-0.05, 0) is 12.8 Å². The lowest BCUT2D eigenvalue weighted by atomic mass is 10.0. The van der Waals surface area contributed by atoms with E-state index in [0.717, 1.165) is 12.8 Å². The lowest BCUT2D eigenvalue weighted by Crippen LogP contribution is -2.61. The highest BCUT2D eigenvalue weighted by molar-refractivity contribution is 5.00. The van der Waals surface area contributed by atoms with Gasteiger partial charge in [0.15, 0.2) is 6.23 Å². The molecule has 2 aliphatic heterocycles. The maximum atomic E-state index is 10.6. The molecular formula is C12H24N2O6. The van der Waals surface area contributed by atoms with Crippen LogP contribution in [0.25, 0.3) is 0 Å². The van der Waals surface area contributed by atoms with E-state index in [0.29, 0.717) is 19.6 Å². The van der Waals surface area contributed by atoms with Gasteiger partial charge in [-0.25, -0.2) is 5.48 Å². The van der Waals surface area contributed by atoms with Crippen molar-refractivity contribution in [1.82, 2.24) is 10.4 Å². The van der Waals surface area contributed by atoms with E-state index >= 15 is 0 Å². The van der Waals surface area contributed by atoms with Crippen LogP contribution in [0, 0.1) is 0 Å². The second-order valence-corrected chi connectivity index (χ2v) is 5.24. The molecule has 2 aliphatic rings. The second kappa shape index (κ2) is 6.63. The first-order chi connectivity index (χ1) is 9.54. The highest BCUT2D eigenvalue weighted by Crippen LogP contribution is 2.35. The molecular weight excluding hydrogens is 268 g/mol. The monoisotopic (exact) mass is 292 g/mol. The van der Waals surface area contributed by atoms with Crippen molar-refractivity contribution in [2.45, 2.75) is 50.1 Å². The van der Waals surface area contributed by atoms with Crippen LogP contribution in [-0.2, 0) is 9.57 Å². The molecule has 0 saturated carbocycles. The lowest BCUT2D eigenvalue weighted by molar-refractivity contribution is -0.328. The van der Waals surface area contributed by atoms with Crippen molar-refractivity contribution in [1.29, 1.82) is 0 Å². The van der Waals surface area contributed by atoms with Crippen LogP contribution in [-0.4, -0.2) is 81.9 Å². The standard InChI is InChI=1S/C12H24N2O6/c1-2-13-20-11(14-5-3-4-6-14)12(18)10(17)9(16)8(7-15)19-12/h8-11,13,15-18H,2-7H2,1H3/t8-,9+,10-,11?,12-/m0/s1. The predicted octanol–water partition coefficient (Wildman–Crippen LogP) is -2.25. The minimum atomic E-state index is -2.08. The molecule has 0 bridgehead atoms. The third-order valence-electron chi connectivity index (χ3n) is 3.81. The Bertz CT molecular complexity index is 314. The first-order valence-corrected chi connectivity index (χ1v) is 7.04. The minimum Gasteiger partial charge on any atom is -0.394 e. The number of nitrogens with zero attached hydrogens (tertiary/aromatic N) is 1.